The van der Waals surface area contributed by atoms with Gasteiger partial charge in [-0.15, -0.1) is 11.3 Å². The highest BCUT2D eigenvalue weighted by molar-refractivity contribution is 7.98. The Kier molecular flexibility index (Phi) is 3.91. The minimum absolute atomic E-state index is 0.322. The van der Waals surface area contributed by atoms with Crippen LogP contribution >= 0.6 is 23.1 Å². The quantitative estimate of drug-likeness (QED) is 0.583. The van der Waals surface area contributed by atoms with Crippen LogP contribution in [0.2, 0.25) is 0 Å². The molecule has 100 valence electrons. The summed E-state index contributed by atoms with van der Waals surface area (Å²) >= 11 is 2.63. The van der Waals surface area contributed by atoms with Crippen molar-refractivity contribution in [1.82, 2.24) is 9.97 Å². The number of thiophene rings is 1. The van der Waals surface area contributed by atoms with Crippen LogP contribution < -0.4 is 11.5 Å². The Hall–Kier alpha value is -1.80. The van der Waals surface area contributed by atoms with E-state index in [1.54, 1.807) is 6.07 Å². The molecule has 0 aliphatic rings. The number of aromatic carboxylic acids is 1. The molecule has 0 aliphatic carbocycles. The van der Waals surface area contributed by atoms with Crippen LogP contribution in [-0.4, -0.2) is 21.0 Å². The monoisotopic (exact) mass is 296 g/mol. The third-order valence-corrected chi connectivity index (χ3v) is 4.31. The van der Waals surface area contributed by atoms with Crippen LogP contribution in [0.3, 0.4) is 0 Å². The third-order valence-electron chi connectivity index (χ3n) is 2.33. The number of aromatic nitrogens is 2. The maximum absolute atomic E-state index is 10.9. The summed E-state index contributed by atoms with van der Waals surface area (Å²) in [5.41, 5.74) is 12.1. The number of rotatable bonds is 4. The fraction of sp³-hybridized carbons (Fsp3) is 0.182. The first-order valence-corrected chi connectivity index (χ1v) is 7.11. The highest BCUT2D eigenvalue weighted by Gasteiger charge is 2.12. The molecule has 2 rings (SSSR count). The van der Waals surface area contributed by atoms with Crippen molar-refractivity contribution in [1.29, 1.82) is 0 Å². The van der Waals surface area contributed by atoms with Gasteiger partial charge in [-0.25, -0.2) is 14.8 Å². The van der Waals surface area contributed by atoms with Crippen molar-refractivity contribution in [3.8, 4) is 0 Å². The van der Waals surface area contributed by atoms with Gasteiger partial charge in [0.25, 0.3) is 0 Å². The molecule has 2 aromatic rings. The Labute approximate surface area is 117 Å². The summed E-state index contributed by atoms with van der Waals surface area (Å²) in [5.74, 6) is 0.318. The van der Waals surface area contributed by atoms with Crippen LogP contribution in [0, 0.1) is 6.92 Å². The van der Waals surface area contributed by atoms with Crippen molar-refractivity contribution in [2.24, 2.45) is 0 Å². The van der Waals surface area contributed by atoms with E-state index in [-0.39, 0.29) is 0 Å². The lowest BCUT2D eigenvalue weighted by atomic mass is 10.3. The Balaban J connectivity index is 2.12. The van der Waals surface area contributed by atoms with Crippen molar-refractivity contribution in [2.75, 3.05) is 11.5 Å². The van der Waals surface area contributed by atoms with Gasteiger partial charge in [0.1, 0.15) is 16.5 Å². The molecule has 2 heterocycles. The van der Waals surface area contributed by atoms with Crippen molar-refractivity contribution in [2.45, 2.75) is 17.8 Å². The van der Waals surface area contributed by atoms with E-state index in [4.69, 9.17) is 16.6 Å². The van der Waals surface area contributed by atoms with Crippen LogP contribution in [0.15, 0.2) is 17.3 Å². The first-order chi connectivity index (χ1) is 8.95. The molecule has 0 bridgehead atoms. The van der Waals surface area contributed by atoms with Crippen LogP contribution in [0.25, 0.3) is 0 Å². The lowest BCUT2D eigenvalue weighted by Crippen LogP contribution is -1.99. The van der Waals surface area contributed by atoms with Gasteiger partial charge < -0.3 is 16.6 Å². The summed E-state index contributed by atoms with van der Waals surface area (Å²) < 4.78 is 0. The normalized spacial score (nSPS) is 10.6. The number of anilines is 2. The van der Waals surface area contributed by atoms with Gasteiger partial charge in [-0.05, 0) is 18.6 Å². The van der Waals surface area contributed by atoms with Gasteiger partial charge in [0.2, 0.25) is 0 Å². The molecule has 0 radical (unpaired) electrons. The number of carboxylic acids is 1. The summed E-state index contributed by atoms with van der Waals surface area (Å²) in [6, 6.07) is 3.16. The summed E-state index contributed by atoms with van der Waals surface area (Å²) in [6.07, 6.45) is 0. The molecular weight excluding hydrogens is 284 g/mol. The van der Waals surface area contributed by atoms with Gasteiger partial charge in [0.05, 0.1) is 0 Å². The molecule has 0 aliphatic heterocycles. The number of hydrogen-bond acceptors (Lipinski definition) is 7. The van der Waals surface area contributed by atoms with Crippen LogP contribution in [0.4, 0.5) is 11.6 Å². The fourth-order valence-electron chi connectivity index (χ4n) is 1.44. The molecule has 0 atom stereocenters. The van der Waals surface area contributed by atoms with E-state index in [0.29, 0.717) is 27.4 Å². The first kappa shape index (κ1) is 13.6. The molecule has 5 N–H and O–H groups in total. The smallest absolute Gasteiger partial charge is 0.345 e. The number of aryl methyl sites for hydroxylation is 1. The number of nitrogen functional groups attached to an aromatic ring is 2. The van der Waals surface area contributed by atoms with E-state index < -0.39 is 5.97 Å². The van der Waals surface area contributed by atoms with Crippen LogP contribution in [0.1, 0.15) is 20.1 Å². The zero-order valence-electron chi connectivity index (χ0n) is 10.1. The SMILES string of the molecule is Cc1sc(C(=O)O)cc1CSc1nc(N)cc(N)n1. The van der Waals surface area contributed by atoms with Crippen molar-refractivity contribution < 1.29 is 9.90 Å². The lowest BCUT2D eigenvalue weighted by molar-refractivity contribution is 0.0702. The number of thioether (sulfide) groups is 1. The molecule has 0 spiro atoms. The van der Waals surface area contributed by atoms with E-state index in [9.17, 15) is 4.79 Å². The molecule has 6 nitrogen and oxygen atoms in total. The van der Waals surface area contributed by atoms with E-state index in [1.165, 1.54) is 29.2 Å². The van der Waals surface area contributed by atoms with Gasteiger partial charge in [-0.3, -0.25) is 0 Å². The maximum Gasteiger partial charge on any atom is 0.345 e. The van der Waals surface area contributed by atoms with Crippen LogP contribution in [-0.2, 0) is 5.75 Å². The molecule has 19 heavy (non-hydrogen) atoms. The Morgan fingerprint density at radius 1 is 1.37 bits per heavy atom. The lowest BCUT2D eigenvalue weighted by Gasteiger charge is -2.02. The van der Waals surface area contributed by atoms with Crippen molar-refractivity contribution >= 4 is 40.7 Å². The Bertz CT molecular complexity index is 607. The summed E-state index contributed by atoms with van der Waals surface area (Å²) in [7, 11) is 0. The van der Waals surface area contributed by atoms with Gasteiger partial charge in [-0.1, -0.05) is 11.8 Å². The molecule has 0 amide bonds. The first-order valence-electron chi connectivity index (χ1n) is 5.31. The number of carbonyl (C=O) groups is 1. The molecular formula is C11H12N4O2S2. The van der Waals surface area contributed by atoms with Gasteiger partial charge >= 0.3 is 5.97 Å². The molecule has 0 fully saturated rings. The molecule has 0 aromatic carbocycles. The van der Waals surface area contributed by atoms with E-state index in [0.717, 1.165) is 10.4 Å². The fourth-order valence-corrected chi connectivity index (χ4v) is 3.33. The number of nitrogens with two attached hydrogens (primary N) is 2. The largest absolute Gasteiger partial charge is 0.477 e. The second-order valence-corrected chi connectivity index (χ2v) is 5.98. The number of carboxylic acid groups (broad SMARTS) is 1. The topological polar surface area (TPSA) is 115 Å². The van der Waals surface area contributed by atoms with E-state index in [2.05, 4.69) is 9.97 Å². The molecule has 0 unspecified atom stereocenters. The second kappa shape index (κ2) is 5.45. The standard InChI is InChI=1S/C11H12N4O2S2/c1-5-6(2-7(19-5)10(16)17)4-18-11-14-8(12)3-9(13)15-11/h2-3H,4H2,1H3,(H,16,17)(H4,12,13,14,15). The summed E-state index contributed by atoms with van der Waals surface area (Å²) in [5, 5.41) is 9.41. The average molecular weight is 296 g/mol. The van der Waals surface area contributed by atoms with Gasteiger partial charge in [0.15, 0.2) is 5.16 Å². The highest BCUT2D eigenvalue weighted by atomic mass is 32.2. The highest BCUT2D eigenvalue weighted by Crippen LogP contribution is 2.28. The van der Waals surface area contributed by atoms with Gasteiger partial charge in [0, 0.05) is 16.7 Å². The zero-order valence-corrected chi connectivity index (χ0v) is 11.7. The summed E-state index contributed by atoms with van der Waals surface area (Å²) in [6.45, 7) is 1.89. The van der Waals surface area contributed by atoms with E-state index in [1.807, 2.05) is 6.92 Å². The second-order valence-electron chi connectivity index (χ2n) is 3.79. The molecule has 0 saturated carbocycles. The van der Waals surface area contributed by atoms with Crippen molar-refractivity contribution in [3.63, 3.8) is 0 Å². The minimum atomic E-state index is -0.909. The predicted octanol–water partition coefficient (Wildman–Crippen LogP) is 2.00. The maximum atomic E-state index is 10.9. The minimum Gasteiger partial charge on any atom is -0.477 e. The predicted molar refractivity (Wildman–Crippen MR) is 76.4 cm³/mol. The molecule has 2 aromatic heterocycles. The number of nitrogens with zero attached hydrogens (tertiary/aromatic N) is 2. The molecule has 0 saturated heterocycles. The third kappa shape index (κ3) is 3.36. The van der Waals surface area contributed by atoms with E-state index >= 15 is 0 Å². The van der Waals surface area contributed by atoms with Crippen molar-refractivity contribution in [3.05, 3.63) is 27.5 Å². The van der Waals surface area contributed by atoms with Crippen LogP contribution in [0.5, 0.6) is 0 Å². The number of hydrogen-bond donors (Lipinski definition) is 3. The average Bonchev–Trinajstić information content (AvgIpc) is 2.67. The van der Waals surface area contributed by atoms with Gasteiger partial charge in [-0.2, -0.15) is 0 Å². The molecule has 8 heteroatoms. The Morgan fingerprint density at radius 3 is 2.53 bits per heavy atom. The zero-order chi connectivity index (χ0) is 14.0. The summed E-state index contributed by atoms with van der Waals surface area (Å²) in [4.78, 5) is 20.3. The Morgan fingerprint density at radius 2 is 2.00 bits per heavy atom.